The van der Waals surface area contributed by atoms with Gasteiger partial charge >= 0.3 is 0 Å². The minimum atomic E-state index is 0.560. The van der Waals surface area contributed by atoms with E-state index in [2.05, 4.69) is 23.6 Å². The Hall–Kier alpha value is -0.830. The van der Waals surface area contributed by atoms with Crippen molar-refractivity contribution in [1.29, 1.82) is 0 Å². The zero-order chi connectivity index (χ0) is 10.1. The fourth-order valence-corrected chi connectivity index (χ4v) is 2.11. The standard InChI is InChI=1S/C11H19N3/c1-3-11-10(6-12)7-13-14(11)8(2)9-4-5-9/h7-9H,3-6,12H2,1-2H3. The Labute approximate surface area is 85.3 Å². The summed E-state index contributed by atoms with van der Waals surface area (Å²) in [6, 6.07) is 0.560. The predicted octanol–water partition coefficient (Wildman–Crippen LogP) is 1.88. The highest BCUT2D eigenvalue weighted by molar-refractivity contribution is 5.18. The van der Waals surface area contributed by atoms with E-state index in [1.165, 1.54) is 24.1 Å². The van der Waals surface area contributed by atoms with Crippen LogP contribution in [0.5, 0.6) is 0 Å². The summed E-state index contributed by atoms with van der Waals surface area (Å²) in [7, 11) is 0. The molecule has 1 saturated carbocycles. The lowest BCUT2D eigenvalue weighted by Crippen LogP contribution is -2.13. The van der Waals surface area contributed by atoms with E-state index in [1.54, 1.807) is 0 Å². The van der Waals surface area contributed by atoms with Gasteiger partial charge in [0.25, 0.3) is 0 Å². The lowest BCUT2D eigenvalue weighted by molar-refractivity contribution is 0.426. The van der Waals surface area contributed by atoms with Gasteiger partial charge in [-0.2, -0.15) is 5.10 Å². The van der Waals surface area contributed by atoms with E-state index < -0.39 is 0 Å². The molecule has 0 spiro atoms. The van der Waals surface area contributed by atoms with Crippen molar-refractivity contribution in [3.63, 3.8) is 0 Å². The van der Waals surface area contributed by atoms with Crippen LogP contribution in [0.15, 0.2) is 6.20 Å². The van der Waals surface area contributed by atoms with E-state index >= 15 is 0 Å². The fraction of sp³-hybridized carbons (Fsp3) is 0.727. The summed E-state index contributed by atoms with van der Waals surface area (Å²) in [4.78, 5) is 0. The summed E-state index contributed by atoms with van der Waals surface area (Å²) >= 11 is 0. The second kappa shape index (κ2) is 3.73. The van der Waals surface area contributed by atoms with Gasteiger partial charge in [0.15, 0.2) is 0 Å². The minimum Gasteiger partial charge on any atom is -0.326 e. The summed E-state index contributed by atoms with van der Waals surface area (Å²) in [5, 5.41) is 4.46. The van der Waals surface area contributed by atoms with Crippen molar-refractivity contribution in [3.8, 4) is 0 Å². The van der Waals surface area contributed by atoms with Crippen LogP contribution in [0.25, 0.3) is 0 Å². The Bertz CT molecular complexity index is 312. The topological polar surface area (TPSA) is 43.8 Å². The normalized spacial score (nSPS) is 18.5. The molecule has 78 valence electrons. The maximum Gasteiger partial charge on any atom is 0.0537 e. The van der Waals surface area contributed by atoms with E-state index in [4.69, 9.17) is 5.73 Å². The number of nitrogens with zero attached hydrogens (tertiary/aromatic N) is 2. The first-order valence-electron chi connectivity index (χ1n) is 5.53. The highest BCUT2D eigenvalue weighted by Crippen LogP contribution is 2.39. The molecular formula is C11H19N3. The van der Waals surface area contributed by atoms with Crippen LogP contribution in [-0.2, 0) is 13.0 Å². The van der Waals surface area contributed by atoms with Crippen LogP contribution in [-0.4, -0.2) is 9.78 Å². The molecule has 1 atom stereocenters. The molecule has 0 saturated heterocycles. The van der Waals surface area contributed by atoms with Gasteiger partial charge in [-0.1, -0.05) is 6.92 Å². The predicted molar refractivity (Wildman–Crippen MR) is 56.9 cm³/mol. The smallest absolute Gasteiger partial charge is 0.0537 e. The van der Waals surface area contributed by atoms with Crippen LogP contribution < -0.4 is 5.73 Å². The summed E-state index contributed by atoms with van der Waals surface area (Å²) in [6.07, 6.45) is 5.69. The molecule has 1 unspecified atom stereocenters. The Morgan fingerprint density at radius 3 is 2.86 bits per heavy atom. The minimum absolute atomic E-state index is 0.560. The first-order chi connectivity index (χ1) is 6.77. The number of hydrogen-bond acceptors (Lipinski definition) is 2. The highest BCUT2D eigenvalue weighted by atomic mass is 15.3. The molecule has 0 radical (unpaired) electrons. The average molecular weight is 193 g/mol. The van der Waals surface area contributed by atoms with E-state index in [9.17, 15) is 0 Å². The van der Waals surface area contributed by atoms with Crippen LogP contribution in [0, 0.1) is 5.92 Å². The Morgan fingerprint density at radius 1 is 1.64 bits per heavy atom. The van der Waals surface area contributed by atoms with Gasteiger partial charge in [0.05, 0.1) is 12.2 Å². The molecule has 3 nitrogen and oxygen atoms in total. The summed E-state index contributed by atoms with van der Waals surface area (Å²) in [6.45, 7) is 5.05. The lowest BCUT2D eigenvalue weighted by Gasteiger charge is -2.14. The molecule has 3 heteroatoms. The molecule has 2 N–H and O–H groups in total. The van der Waals surface area contributed by atoms with Crippen molar-refractivity contribution in [2.45, 2.75) is 45.7 Å². The first-order valence-corrected chi connectivity index (χ1v) is 5.53. The van der Waals surface area contributed by atoms with Crippen LogP contribution in [0.2, 0.25) is 0 Å². The largest absolute Gasteiger partial charge is 0.326 e. The van der Waals surface area contributed by atoms with E-state index in [0.717, 1.165) is 12.3 Å². The van der Waals surface area contributed by atoms with E-state index in [1.807, 2.05) is 6.20 Å². The second-order valence-electron chi connectivity index (χ2n) is 4.20. The van der Waals surface area contributed by atoms with Gasteiger partial charge in [-0.3, -0.25) is 4.68 Å². The van der Waals surface area contributed by atoms with Gasteiger partial charge in [0.1, 0.15) is 0 Å². The fourth-order valence-electron chi connectivity index (χ4n) is 2.11. The molecule has 0 aromatic carbocycles. The molecule has 1 heterocycles. The highest BCUT2D eigenvalue weighted by Gasteiger charge is 2.30. The van der Waals surface area contributed by atoms with Crippen LogP contribution in [0.1, 0.15) is 44.0 Å². The van der Waals surface area contributed by atoms with E-state index in [0.29, 0.717) is 12.6 Å². The number of aromatic nitrogens is 2. The molecule has 1 aliphatic carbocycles. The molecule has 0 aliphatic heterocycles. The second-order valence-corrected chi connectivity index (χ2v) is 4.20. The summed E-state index contributed by atoms with van der Waals surface area (Å²) in [5.74, 6) is 0.853. The Kier molecular flexibility index (Phi) is 2.59. The summed E-state index contributed by atoms with van der Waals surface area (Å²) in [5.41, 5.74) is 8.21. The molecule has 1 fully saturated rings. The van der Waals surface area contributed by atoms with Gasteiger partial charge in [-0.15, -0.1) is 0 Å². The number of hydrogen-bond donors (Lipinski definition) is 1. The maximum absolute atomic E-state index is 5.68. The van der Waals surface area contributed by atoms with Crippen LogP contribution in [0.3, 0.4) is 0 Å². The third-order valence-electron chi connectivity index (χ3n) is 3.23. The maximum atomic E-state index is 5.68. The van der Waals surface area contributed by atoms with Gasteiger partial charge in [0, 0.05) is 17.8 Å². The van der Waals surface area contributed by atoms with E-state index in [-0.39, 0.29) is 0 Å². The average Bonchev–Trinajstić information content (AvgIpc) is 2.96. The molecule has 1 aromatic rings. The molecule has 14 heavy (non-hydrogen) atoms. The first kappa shape index (κ1) is 9.71. The molecule has 2 rings (SSSR count). The zero-order valence-corrected chi connectivity index (χ0v) is 9.03. The molecule has 0 bridgehead atoms. The third-order valence-corrected chi connectivity index (χ3v) is 3.23. The van der Waals surface area contributed by atoms with Crippen LogP contribution >= 0.6 is 0 Å². The van der Waals surface area contributed by atoms with Crippen LogP contribution in [0.4, 0.5) is 0 Å². The van der Waals surface area contributed by atoms with Gasteiger partial charge in [-0.05, 0) is 32.1 Å². The van der Waals surface area contributed by atoms with Crippen molar-refractivity contribution in [1.82, 2.24) is 9.78 Å². The lowest BCUT2D eigenvalue weighted by atomic mass is 10.1. The Balaban J connectivity index is 2.26. The van der Waals surface area contributed by atoms with Gasteiger partial charge in [-0.25, -0.2) is 0 Å². The van der Waals surface area contributed by atoms with Crippen molar-refractivity contribution in [2.24, 2.45) is 11.7 Å². The van der Waals surface area contributed by atoms with Crippen molar-refractivity contribution in [2.75, 3.05) is 0 Å². The molecule has 1 aliphatic rings. The summed E-state index contributed by atoms with van der Waals surface area (Å²) < 4.78 is 2.18. The molecule has 1 aromatic heterocycles. The van der Waals surface area contributed by atoms with Crippen molar-refractivity contribution in [3.05, 3.63) is 17.5 Å². The SMILES string of the molecule is CCc1c(CN)cnn1C(C)C1CC1. The zero-order valence-electron chi connectivity index (χ0n) is 9.03. The quantitative estimate of drug-likeness (QED) is 0.793. The number of rotatable bonds is 4. The van der Waals surface area contributed by atoms with Crippen molar-refractivity contribution >= 4 is 0 Å². The monoisotopic (exact) mass is 193 g/mol. The third kappa shape index (κ3) is 1.57. The number of nitrogens with two attached hydrogens (primary N) is 1. The van der Waals surface area contributed by atoms with Crippen molar-refractivity contribution < 1.29 is 0 Å². The Morgan fingerprint density at radius 2 is 2.36 bits per heavy atom. The molecular weight excluding hydrogens is 174 g/mol. The van der Waals surface area contributed by atoms with Gasteiger partial charge < -0.3 is 5.73 Å². The molecule has 0 amide bonds. The van der Waals surface area contributed by atoms with Gasteiger partial charge in [0.2, 0.25) is 0 Å².